The van der Waals surface area contributed by atoms with Gasteiger partial charge in [0.1, 0.15) is 24.0 Å². The average molecular weight is 385 g/mol. The highest BCUT2D eigenvalue weighted by molar-refractivity contribution is 5.81. The Kier molecular flexibility index (Phi) is 7.87. The first-order chi connectivity index (χ1) is 13.3. The van der Waals surface area contributed by atoms with Gasteiger partial charge < -0.3 is 19.5 Å². The minimum atomic E-state index is -0.873. The van der Waals surface area contributed by atoms with Crippen molar-refractivity contribution >= 4 is 12.1 Å². The molecule has 6 heteroatoms. The summed E-state index contributed by atoms with van der Waals surface area (Å²) in [5, 5.41) is 2.58. The topological polar surface area (TPSA) is 73.9 Å². The number of para-hydroxylation sites is 1. The van der Waals surface area contributed by atoms with Crippen LogP contribution in [0.2, 0.25) is 0 Å². The van der Waals surface area contributed by atoms with Gasteiger partial charge in [0.05, 0.1) is 6.61 Å². The van der Waals surface area contributed by atoms with Crippen molar-refractivity contribution < 1.29 is 23.8 Å². The molecule has 2 rings (SSSR count). The predicted octanol–water partition coefficient (Wildman–Crippen LogP) is 4.09. The van der Waals surface area contributed by atoms with E-state index in [0.717, 1.165) is 5.56 Å². The lowest BCUT2D eigenvalue weighted by Gasteiger charge is -2.23. The quantitative estimate of drug-likeness (QED) is 0.693. The molecule has 0 aliphatic carbocycles. The van der Waals surface area contributed by atoms with Crippen LogP contribution in [0.4, 0.5) is 4.79 Å². The average Bonchev–Trinajstić information content (AvgIpc) is 2.65. The van der Waals surface area contributed by atoms with Crippen LogP contribution in [-0.4, -0.2) is 30.3 Å². The number of nitrogens with one attached hydrogen (secondary N) is 1. The molecule has 150 valence electrons. The Balaban J connectivity index is 1.93. The number of carbonyl (C=O) groups excluding carboxylic acids is 2. The molecule has 1 unspecified atom stereocenters. The second-order valence-corrected chi connectivity index (χ2v) is 7.24. The van der Waals surface area contributed by atoms with Crippen molar-refractivity contribution in [1.82, 2.24) is 5.32 Å². The molecule has 0 saturated carbocycles. The third-order valence-corrected chi connectivity index (χ3v) is 3.62. The molecule has 0 aromatic heterocycles. The van der Waals surface area contributed by atoms with Crippen molar-refractivity contribution in [3.8, 4) is 5.75 Å². The van der Waals surface area contributed by atoms with E-state index in [2.05, 4.69) is 5.32 Å². The normalized spacial score (nSPS) is 12.0. The van der Waals surface area contributed by atoms with Gasteiger partial charge in [0.2, 0.25) is 0 Å². The van der Waals surface area contributed by atoms with Crippen LogP contribution in [-0.2, 0) is 20.9 Å². The Hall–Kier alpha value is -3.02. The fourth-order valence-corrected chi connectivity index (χ4v) is 2.34. The van der Waals surface area contributed by atoms with Gasteiger partial charge in [-0.2, -0.15) is 0 Å². The Morgan fingerprint density at radius 2 is 1.57 bits per heavy atom. The molecule has 0 aliphatic rings. The molecular formula is C22H27NO5. The van der Waals surface area contributed by atoms with Gasteiger partial charge in [-0.1, -0.05) is 48.5 Å². The molecular weight excluding hydrogens is 358 g/mol. The van der Waals surface area contributed by atoms with Crippen LogP contribution in [0.5, 0.6) is 5.75 Å². The van der Waals surface area contributed by atoms with E-state index in [1.54, 1.807) is 20.8 Å². The number of hydrogen-bond donors (Lipinski definition) is 1. The molecule has 1 amide bonds. The number of esters is 1. The summed E-state index contributed by atoms with van der Waals surface area (Å²) in [4.78, 5) is 24.6. The molecule has 0 radical (unpaired) electrons. The van der Waals surface area contributed by atoms with Crippen molar-refractivity contribution in [3.63, 3.8) is 0 Å². The van der Waals surface area contributed by atoms with Gasteiger partial charge >= 0.3 is 12.1 Å². The van der Waals surface area contributed by atoms with Crippen LogP contribution in [0.25, 0.3) is 0 Å². The van der Waals surface area contributed by atoms with Gasteiger partial charge in [0, 0.05) is 6.42 Å². The fraction of sp³-hybridized carbons (Fsp3) is 0.364. The van der Waals surface area contributed by atoms with Crippen LogP contribution in [0, 0.1) is 0 Å². The molecule has 2 aromatic rings. The maximum absolute atomic E-state index is 12.5. The molecule has 1 atom stereocenters. The molecule has 0 fully saturated rings. The Bertz CT molecular complexity index is 741. The summed E-state index contributed by atoms with van der Waals surface area (Å²) < 4.78 is 16.2. The molecule has 0 heterocycles. The largest absolute Gasteiger partial charge is 0.494 e. The number of carbonyl (C=O) groups is 2. The Morgan fingerprint density at radius 1 is 0.964 bits per heavy atom. The van der Waals surface area contributed by atoms with Crippen LogP contribution in [0.1, 0.15) is 32.8 Å². The predicted molar refractivity (Wildman–Crippen MR) is 106 cm³/mol. The van der Waals surface area contributed by atoms with Crippen molar-refractivity contribution in [3.05, 3.63) is 66.2 Å². The smallest absolute Gasteiger partial charge is 0.408 e. The Morgan fingerprint density at radius 3 is 2.18 bits per heavy atom. The molecule has 0 saturated heterocycles. The van der Waals surface area contributed by atoms with Crippen LogP contribution >= 0.6 is 0 Å². The van der Waals surface area contributed by atoms with Crippen molar-refractivity contribution in [1.29, 1.82) is 0 Å². The third-order valence-electron chi connectivity index (χ3n) is 3.62. The molecule has 0 bridgehead atoms. The minimum Gasteiger partial charge on any atom is -0.494 e. The number of alkyl carbamates (subject to hydrolysis) is 1. The first-order valence-corrected chi connectivity index (χ1v) is 9.21. The maximum Gasteiger partial charge on any atom is 0.408 e. The molecule has 0 aliphatic heterocycles. The maximum atomic E-state index is 12.5. The number of benzene rings is 2. The summed E-state index contributed by atoms with van der Waals surface area (Å²) in [5.74, 6) is 0.155. The van der Waals surface area contributed by atoms with Gasteiger partial charge in [-0.05, 0) is 38.5 Å². The lowest BCUT2D eigenvalue weighted by molar-refractivity contribution is -0.147. The lowest BCUT2D eigenvalue weighted by atomic mass is 10.2. The van der Waals surface area contributed by atoms with Crippen molar-refractivity contribution in [2.45, 2.75) is 45.4 Å². The number of amides is 1. The zero-order valence-corrected chi connectivity index (χ0v) is 16.5. The van der Waals surface area contributed by atoms with Crippen molar-refractivity contribution in [2.24, 2.45) is 0 Å². The molecule has 1 N–H and O–H groups in total. The van der Waals surface area contributed by atoms with Gasteiger partial charge in [-0.25, -0.2) is 9.59 Å². The summed E-state index contributed by atoms with van der Waals surface area (Å²) in [6, 6.07) is 17.7. The second kappa shape index (κ2) is 10.3. The van der Waals surface area contributed by atoms with E-state index in [0.29, 0.717) is 5.75 Å². The summed E-state index contributed by atoms with van der Waals surface area (Å²) in [6.45, 7) is 5.64. The van der Waals surface area contributed by atoms with Crippen molar-refractivity contribution in [2.75, 3.05) is 6.61 Å². The summed E-state index contributed by atoms with van der Waals surface area (Å²) in [7, 11) is 0. The SMILES string of the molecule is CC(C)(C)OC(=O)NC(CCOc1ccccc1)C(=O)OCc1ccccc1. The first-order valence-electron chi connectivity index (χ1n) is 9.21. The van der Waals surface area contributed by atoms with Gasteiger partial charge in [0.25, 0.3) is 0 Å². The number of ether oxygens (including phenoxy) is 3. The number of rotatable bonds is 8. The highest BCUT2D eigenvalue weighted by Crippen LogP contribution is 2.11. The van der Waals surface area contributed by atoms with E-state index >= 15 is 0 Å². The van der Waals surface area contributed by atoms with Gasteiger partial charge in [-0.3, -0.25) is 0 Å². The fourth-order valence-electron chi connectivity index (χ4n) is 2.34. The molecule has 6 nitrogen and oxygen atoms in total. The summed E-state index contributed by atoms with van der Waals surface area (Å²) in [6.07, 6.45) is -0.421. The lowest BCUT2D eigenvalue weighted by Crippen LogP contribution is -2.45. The van der Waals surface area contributed by atoms with E-state index < -0.39 is 23.7 Å². The zero-order valence-electron chi connectivity index (χ0n) is 16.5. The summed E-state index contributed by atoms with van der Waals surface area (Å²) in [5.41, 5.74) is 0.204. The Labute approximate surface area is 165 Å². The van der Waals surface area contributed by atoms with E-state index in [9.17, 15) is 9.59 Å². The van der Waals surface area contributed by atoms with Gasteiger partial charge in [-0.15, -0.1) is 0 Å². The third kappa shape index (κ3) is 8.12. The van der Waals surface area contributed by atoms with Crippen LogP contribution < -0.4 is 10.1 Å². The zero-order chi connectivity index (χ0) is 20.4. The van der Waals surface area contributed by atoms with E-state index in [1.165, 1.54) is 0 Å². The number of hydrogen-bond acceptors (Lipinski definition) is 5. The molecule has 2 aromatic carbocycles. The van der Waals surface area contributed by atoms with E-state index in [4.69, 9.17) is 14.2 Å². The van der Waals surface area contributed by atoms with Gasteiger partial charge in [0.15, 0.2) is 0 Å². The highest BCUT2D eigenvalue weighted by Gasteiger charge is 2.25. The van der Waals surface area contributed by atoms with Crippen LogP contribution in [0.3, 0.4) is 0 Å². The summed E-state index contributed by atoms with van der Waals surface area (Å²) >= 11 is 0. The molecule has 0 spiro atoms. The van der Waals surface area contributed by atoms with E-state index in [-0.39, 0.29) is 19.6 Å². The first kappa shape index (κ1) is 21.3. The second-order valence-electron chi connectivity index (χ2n) is 7.24. The monoisotopic (exact) mass is 385 g/mol. The standard InChI is InChI=1S/C22H27NO5/c1-22(2,3)28-21(25)23-19(14-15-26-18-12-8-5-9-13-18)20(24)27-16-17-10-6-4-7-11-17/h4-13,19H,14-16H2,1-3H3,(H,23,25). The van der Waals surface area contributed by atoms with Crippen LogP contribution in [0.15, 0.2) is 60.7 Å². The highest BCUT2D eigenvalue weighted by atomic mass is 16.6. The van der Waals surface area contributed by atoms with E-state index in [1.807, 2.05) is 60.7 Å². The minimum absolute atomic E-state index is 0.131. The molecule has 28 heavy (non-hydrogen) atoms.